The second-order valence-corrected chi connectivity index (χ2v) is 4.21. The minimum absolute atomic E-state index is 0.500. The first-order valence-electron chi connectivity index (χ1n) is 5.34. The van der Waals surface area contributed by atoms with Gasteiger partial charge in [0.25, 0.3) is 0 Å². The largest absolute Gasteiger partial charge is 0.325 e. The summed E-state index contributed by atoms with van der Waals surface area (Å²) in [5.41, 5.74) is 9.82. The monoisotopic (exact) mass is 202 g/mol. The van der Waals surface area contributed by atoms with Crippen LogP contribution in [0.15, 0.2) is 12.1 Å². The summed E-state index contributed by atoms with van der Waals surface area (Å²) in [6, 6.07) is 4.10. The Morgan fingerprint density at radius 3 is 2.93 bits per heavy atom. The summed E-state index contributed by atoms with van der Waals surface area (Å²) < 4.78 is 1.96. The molecule has 4 nitrogen and oxygen atoms in total. The molecule has 4 heteroatoms. The van der Waals surface area contributed by atoms with Gasteiger partial charge in [-0.1, -0.05) is 0 Å². The van der Waals surface area contributed by atoms with Crippen LogP contribution in [0.4, 0.5) is 0 Å². The highest BCUT2D eigenvalue weighted by molar-refractivity contribution is 5.42. The van der Waals surface area contributed by atoms with Gasteiger partial charge in [-0.25, -0.2) is 9.50 Å². The summed E-state index contributed by atoms with van der Waals surface area (Å²) in [5, 5.41) is 4.46. The van der Waals surface area contributed by atoms with E-state index < -0.39 is 0 Å². The fourth-order valence-electron chi connectivity index (χ4n) is 1.94. The SMILES string of the molecule is Cc1cc2nc(CN)cc(C3CC3)n2n1. The van der Waals surface area contributed by atoms with Gasteiger partial charge in [0.2, 0.25) is 0 Å². The number of fused-ring (bicyclic) bond motifs is 1. The molecule has 0 unspecified atom stereocenters. The van der Waals surface area contributed by atoms with Gasteiger partial charge in [-0.2, -0.15) is 5.10 Å². The zero-order valence-corrected chi connectivity index (χ0v) is 8.77. The molecule has 0 aliphatic heterocycles. The third-order valence-corrected chi connectivity index (χ3v) is 2.83. The van der Waals surface area contributed by atoms with Crippen LogP contribution in [0.1, 0.15) is 35.8 Å². The summed E-state index contributed by atoms with van der Waals surface area (Å²) in [6.45, 7) is 2.49. The molecule has 3 rings (SSSR count). The van der Waals surface area contributed by atoms with Gasteiger partial charge in [0, 0.05) is 24.2 Å². The molecule has 2 aromatic heterocycles. The molecule has 0 saturated heterocycles. The Balaban J connectivity index is 2.27. The molecule has 2 N–H and O–H groups in total. The van der Waals surface area contributed by atoms with Gasteiger partial charge in [0.15, 0.2) is 5.65 Å². The third-order valence-electron chi connectivity index (χ3n) is 2.83. The molecule has 0 bridgehead atoms. The van der Waals surface area contributed by atoms with Crippen molar-refractivity contribution in [3.63, 3.8) is 0 Å². The highest BCUT2D eigenvalue weighted by atomic mass is 15.3. The van der Waals surface area contributed by atoms with Crippen LogP contribution in [-0.4, -0.2) is 14.6 Å². The molecule has 0 atom stereocenters. The lowest BCUT2D eigenvalue weighted by Gasteiger charge is -2.05. The number of hydrogen-bond acceptors (Lipinski definition) is 3. The van der Waals surface area contributed by atoms with Gasteiger partial charge >= 0.3 is 0 Å². The van der Waals surface area contributed by atoms with Gasteiger partial charge in [0.1, 0.15) is 0 Å². The summed E-state index contributed by atoms with van der Waals surface area (Å²) >= 11 is 0. The topological polar surface area (TPSA) is 56.2 Å². The molecule has 0 radical (unpaired) electrons. The van der Waals surface area contributed by atoms with E-state index in [1.165, 1.54) is 18.5 Å². The Labute approximate surface area is 88.1 Å². The first-order valence-corrected chi connectivity index (χ1v) is 5.34. The Morgan fingerprint density at radius 2 is 2.27 bits per heavy atom. The Bertz CT molecular complexity index is 511. The lowest BCUT2D eigenvalue weighted by atomic mass is 10.2. The smallest absolute Gasteiger partial charge is 0.155 e. The van der Waals surface area contributed by atoms with Crippen LogP contribution < -0.4 is 5.73 Å². The summed E-state index contributed by atoms with van der Waals surface area (Å²) in [5.74, 6) is 0.667. The Morgan fingerprint density at radius 1 is 1.47 bits per heavy atom. The number of rotatable bonds is 2. The summed E-state index contributed by atoms with van der Waals surface area (Å²) in [7, 11) is 0. The van der Waals surface area contributed by atoms with Crippen LogP contribution >= 0.6 is 0 Å². The predicted octanol–water partition coefficient (Wildman–Crippen LogP) is 1.37. The van der Waals surface area contributed by atoms with Gasteiger partial charge < -0.3 is 5.73 Å². The van der Waals surface area contributed by atoms with Crippen LogP contribution in [0.5, 0.6) is 0 Å². The first kappa shape index (κ1) is 8.85. The fourth-order valence-corrected chi connectivity index (χ4v) is 1.94. The molecular weight excluding hydrogens is 188 g/mol. The second kappa shape index (κ2) is 3.03. The second-order valence-electron chi connectivity index (χ2n) is 4.21. The van der Waals surface area contributed by atoms with Crippen LogP contribution in [0.2, 0.25) is 0 Å². The molecule has 1 saturated carbocycles. The number of aryl methyl sites for hydroxylation is 1. The molecule has 0 spiro atoms. The van der Waals surface area contributed by atoms with Gasteiger partial charge in [-0.15, -0.1) is 0 Å². The Kier molecular flexibility index (Phi) is 1.79. The van der Waals surface area contributed by atoms with Crippen molar-refractivity contribution in [2.45, 2.75) is 32.2 Å². The van der Waals surface area contributed by atoms with Crippen molar-refractivity contribution in [3.8, 4) is 0 Å². The van der Waals surface area contributed by atoms with Crippen molar-refractivity contribution >= 4 is 5.65 Å². The van der Waals surface area contributed by atoms with Gasteiger partial charge in [0.05, 0.1) is 11.4 Å². The lowest BCUT2D eigenvalue weighted by molar-refractivity contribution is 0.813. The van der Waals surface area contributed by atoms with Crippen LogP contribution in [0.3, 0.4) is 0 Å². The average molecular weight is 202 g/mol. The van der Waals surface area contributed by atoms with E-state index in [2.05, 4.69) is 16.1 Å². The molecule has 2 aromatic rings. The van der Waals surface area contributed by atoms with Gasteiger partial charge in [-0.05, 0) is 25.8 Å². The van der Waals surface area contributed by atoms with Crippen molar-refractivity contribution in [1.82, 2.24) is 14.6 Å². The van der Waals surface area contributed by atoms with Crippen LogP contribution in [0.25, 0.3) is 5.65 Å². The average Bonchev–Trinajstić information content (AvgIpc) is 2.98. The summed E-state index contributed by atoms with van der Waals surface area (Å²) in [6.07, 6.45) is 2.53. The molecule has 1 fully saturated rings. The van der Waals surface area contributed by atoms with E-state index in [4.69, 9.17) is 5.73 Å². The van der Waals surface area contributed by atoms with Crippen molar-refractivity contribution < 1.29 is 0 Å². The normalized spacial score (nSPS) is 16.1. The van der Waals surface area contributed by atoms with Crippen molar-refractivity contribution in [3.05, 3.63) is 29.2 Å². The van der Waals surface area contributed by atoms with E-state index in [0.717, 1.165) is 17.0 Å². The fraction of sp³-hybridized carbons (Fsp3) is 0.455. The highest BCUT2D eigenvalue weighted by Gasteiger charge is 2.27. The standard InChI is InChI=1S/C11H14N4/c1-7-4-11-13-9(6-12)5-10(8-2-3-8)15(11)14-7/h4-5,8H,2-3,6,12H2,1H3. The number of hydrogen-bond donors (Lipinski definition) is 1. The first-order chi connectivity index (χ1) is 7.28. The lowest BCUT2D eigenvalue weighted by Crippen LogP contribution is -2.06. The molecule has 78 valence electrons. The number of nitrogens with zero attached hydrogens (tertiary/aromatic N) is 3. The predicted molar refractivity (Wildman–Crippen MR) is 57.6 cm³/mol. The quantitative estimate of drug-likeness (QED) is 0.800. The maximum absolute atomic E-state index is 5.64. The van der Waals surface area contributed by atoms with Crippen molar-refractivity contribution in [2.24, 2.45) is 5.73 Å². The molecule has 2 heterocycles. The Hall–Kier alpha value is -1.42. The maximum atomic E-state index is 5.64. The van der Waals surface area contributed by atoms with E-state index in [9.17, 15) is 0 Å². The van der Waals surface area contributed by atoms with E-state index in [1.807, 2.05) is 17.5 Å². The number of aromatic nitrogens is 3. The van der Waals surface area contributed by atoms with Gasteiger partial charge in [-0.3, -0.25) is 0 Å². The number of nitrogens with two attached hydrogens (primary N) is 1. The molecular formula is C11H14N4. The zero-order valence-electron chi connectivity index (χ0n) is 8.77. The van der Waals surface area contributed by atoms with E-state index in [-0.39, 0.29) is 0 Å². The molecule has 1 aliphatic carbocycles. The molecule has 1 aliphatic rings. The van der Waals surface area contributed by atoms with E-state index >= 15 is 0 Å². The molecule has 0 aromatic carbocycles. The third kappa shape index (κ3) is 1.41. The molecule has 15 heavy (non-hydrogen) atoms. The highest BCUT2D eigenvalue weighted by Crippen LogP contribution is 2.40. The zero-order chi connectivity index (χ0) is 10.4. The minimum atomic E-state index is 0.500. The van der Waals surface area contributed by atoms with E-state index in [1.54, 1.807) is 0 Å². The van der Waals surface area contributed by atoms with E-state index in [0.29, 0.717) is 12.5 Å². The maximum Gasteiger partial charge on any atom is 0.155 e. The van der Waals surface area contributed by atoms with Crippen LogP contribution in [0, 0.1) is 6.92 Å². The molecule has 0 amide bonds. The van der Waals surface area contributed by atoms with Crippen LogP contribution in [-0.2, 0) is 6.54 Å². The van der Waals surface area contributed by atoms with Crippen molar-refractivity contribution in [2.75, 3.05) is 0 Å². The summed E-state index contributed by atoms with van der Waals surface area (Å²) in [4.78, 5) is 4.46. The van der Waals surface area contributed by atoms with Crippen molar-refractivity contribution in [1.29, 1.82) is 0 Å². The minimum Gasteiger partial charge on any atom is -0.325 e.